The average molecular weight is 356 g/mol. The summed E-state index contributed by atoms with van der Waals surface area (Å²) in [6.07, 6.45) is 0.429. The molecule has 7 heteroatoms. The van der Waals surface area contributed by atoms with Crippen molar-refractivity contribution >= 4 is 32.9 Å². The molecule has 4 N–H and O–H groups in total. The lowest BCUT2D eigenvalue weighted by atomic mass is 9.84. The Kier molecular flexibility index (Phi) is 4.25. The highest BCUT2D eigenvalue weighted by atomic mass is 79.9. The molecule has 114 valence electrons. The molecule has 6 nitrogen and oxygen atoms in total. The van der Waals surface area contributed by atoms with Crippen LogP contribution >= 0.6 is 15.9 Å². The molecular formula is C14H18BrN3O3. The van der Waals surface area contributed by atoms with Crippen molar-refractivity contribution in [1.82, 2.24) is 9.97 Å². The first-order chi connectivity index (χ1) is 9.74. The van der Waals surface area contributed by atoms with Gasteiger partial charge in [-0.3, -0.25) is 4.79 Å². The molecular weight excluding hydrogens is 338 g/mol. The molecule has 0 saturated carbocycles. The number of imidazole rings is 1. The Morgan fingerprint density at radius 1 is 1.38 bits per heavy atom. The molecule has 21 heavy (non-hydrogen) atoms. The van der Waals surface area contributed by atoms with Crippen molar-refractivity contribution in [1.29, 1.82) is 0 Å². The summed E-state index contributed by atoms with van der Waals surface area (Å²) in [5.74, 6) is -0.301. The van der Waals surface area contributed by atoms with Crippen molar-refractivity contribution in [2.24, 2.45) is 11.1 Å². The number of halogens is 1. The summed E-state index contributed by atoms with van der Waals surface area (Å²) in [7, 11) is 1.36. The molecule has 1 aromatic heterocycles. The number of fused-ring (bicyclic) bond motifs is 1. The zero-order chi connectivity index (χ0) is 15.8. The average Bonchev–Trinajstić information content (AvgIpc) is 2.75. The lowest BCUT2D eigenvalue weighted by molar-refractivity contribution is -0.151. The standard InChI is InChI=1S/C14H18BrN3O3/c1-14(2,12(19)21-3)6-9(16)7-4-10-11(5-8(7)15)18-13(20)17-10/h4-5,9H,6,16H2,1-3H3,(H2,17,18,20). The number of aromatic amines is 2. The van der Waals surface area contributed by atoms with Gasteiger partial charge in [0, 0.05) is 10.5 Å². The third-order valence-electron chi connectivity index (χ3n) is 3.50. The van der Waals surface area contributed by atoms with Crippen molar-refractivity contribution in [3.63, 3.8) is 0 Å². The summed E-state index contributed by atoms with van der Waals surface area (Å²) < 4.78 is 5.59. The van der Waals surface area contributed by atoms with E-state index >= 15 is 0 Å². The van der Waals surface area contributed by atoms with Crippen LogP contribution in [0.15, 0.2) is 21.4 Å². The maximum Gasteiger partial charge on any atom is 0.323 e. The summed E-state index contributed by atoms with van der Waals surface area (Å²) in [6.45, 7) is 3.59. The number of hydrogen-bond acceptors (Lipinski definition) is 4. The number of aromatic nitrogens is 2. The fraction of sp³-hybridized carbons (Fsp3) is 0.429. The molecule has 2 aromatic rings. The van der Waals surface area contributed by atoms with Crippen molar-refractivity contribution in [2.75, 3.05) is 7.11 Å². The third-order valence-corrected chi connectivity index (χ3v) is 4.19. The summed E-state index contributed by atoms with van der Waals surface area (Å²) in [5.41, 5.74) is 7.50. The lowest BCUT2D eigenvalue weighted by Crippen LogP contribution is -2.30. The van der Waals surface area contributed by atoms with Gasteiger partial charge in [-0.2, -0.15) is 0 Å². The molecule has 0 aliphatic rings. The van der Waals surface area contributed by atoms with Crippen LogP contribution < -0.4 is 11.4 Å². The largest absolute Gasteiger partial charge is 0.469 e. The maximum atomic E-state index is 11.8. The number of rotatable bonds is 4. The predicted octanol–water partition coefficient (Wildman–Crippen LogP) is 2.21. The van der Waals surface area contributed by atoms with E-state index in [9.17, 15) is 9.59 Å². The van der Waals surface area contributed by atoms with Gasteiger partial charge in [-0.05, 0) is 38.0 Å². The van der Waals surface area contributed by atoms with E-state index in [1.54, 1.807) is 19.9 Å². The molecule has 0 bridgehead atoms. The third kappa shape index (κ3) is 3.19. The molecule has 1 aromatic carbocycles. The van der Waals surface area contributed by atoms with E-state index in [2.05, 4.69) is 25.9 Å². The Morgan fingerprint density at radius 2 is 1.95 bits per heavy atom. The van der Waals surface area contributed by atoms with E-state index in [1.165, 1.54) is 7.11 Å². The molecule has 0 amide bonds. The van der Waals surface area contributed by atoms with Gasteiger partial charge in [0.1, 0.15) is 0 Å². The first-order valence-corrected chi connectivity index (χ1v) is 7.29. The predicted molar refractivity (Wildman–Crippen MR) is 84.0 cm³/mol. The fourth-order valence-corrected chi connectivity index (χ4v) is 3.01. The van der Waals surface area contributed by atoms with Crippen molar-refractivity contribution in [3.05, 3.63) is 32.7 Å². The van der Waals surface area contributed by atoms with Gasteiger partial charge in [0.15, 0.2) is 0 Å². The van der Waals surface area contributed by atoms with Crippen LogP contribution in [0.1, 0.15) is 31.9 Å². The van der Waals surface area contributed by atoms with Crippen molar-refractivity contribution in [3.8, 4) is 0 Å². The number of nitrogens with two attached hydrogens (primary N) is 1. The molecule has 1 unspecified atom stereocenters. The zero-order valence-electron chi connectivity index (χ0n) is 12.1. The number of ether oxygens (including phenoxy) is 1. The normalized spacial score (nSPS) is 13.4. The highest BCUT2D eigenvalue weighted by Crippen LogP contribution is 2.34. The highest BCUT2D eigenvalue weighted by molar-refractivity contribution is 9.10. The van der Waals surface area contributed by atoms with Crippen LogP contribution in [0, 0.1) is 5.41 Å². The van der Waals surface area contributed by atoms with E-state index in [0.29, 0.717) is 17.5 Å². The summed E-state index contributed by atoms with van der Waals surface area (Å²) in [6, 6.07) is 3.25. The molecule has 0 radical (unpaired) electrons. The number of nitrogens with one attached hydrogen (secondary N) is 2. The quantitative estimate of drug-likeness (QED) is 0.731. The second kappa shape index (κ2) is 5.65. The van der Waals surface area contributed by atoms with Crippen LogP contribution in [0.5, 0.6) is 0 Å². The summed E-state index contributed by atoms with van der Waals surface area (Å²) >= 11 is 3.46. The molecule has 1 atom stereocenters. The van der Waals surface area contributed by atoms with E-state index in [-0.39, 0.29) is 17.7 Å². The van der Waals surface area contributed by atoms with E-state index < -0.39 is 5.41 Å². The minimum absolute atomic E-state index is 0.266. The molecule has 1 heterocycles. The first kappa shape index (κ1) is 15.8. The van der Waals surface area contributed by atoms with Crippen LogP contribution in [-0.2, 0) is 9.53 Å². The molecule has 0 aliphatic heterocycles. The van der Waals surface area contributed by atoms with E-state index in [1.807, 2.05) is 6.07 Å². The number of benzene rings is 1. The minimum atomic E-state index is -0.686. The van der Waals surface area contributed by atoms with Gasteiger partial charge < -0.3 is 20.4 Å². The van der Waals surface area contributed by atoms with Gasteiger partial charge in [-0.25, -0.2) is 4.79 Å². The Morgan fingerprint density at radius 3 is 2.52 bits per heavy atom. The van der Waals surface area contributed by atoms with Gasteiger partial charge in [0.05, 0.1) is 23.6 Å². The molecule has 0 aliphatic carbocycles. The second-order valence-electron chi connectivity index (χ2n) is 5.68. The van der Waals surface area contributed by atoms with E-state index in [4.69, 9.17) is 10.5 Å². The molecule has 0 saturated heterocycles. The van der Waals surface area contributed by atoms with Crippen LogP contribution in [0.2, 0.25) is 0 Å². The van der Waals surface area contributed by atoms with Gasteiger partial charge in [-0.1, -0.05) is 15.9 Å². The summed E-state index contributed by atoms with van der Waals surface area (Å²) in [5, 5.41) is 0. The Balaban J connectivity index is 2.34. The Hall–Kier alpha value is -1.60. The van der Waals surface area contributed by atoms with Crippen LogP contribution in [0.3, 0.4) is 0 Å². The zero-order valence-corrected chi connectivity index (χ0v) is 13.7. The van der Waals surface area contributed by atoms with Crippen LogP contribution in [-0.4, -0.2) is 23.0 Å². The monoisotopic (exact) mass is 355 g/mol. The maximum absolute atomic E-state index is 11.8. The molecule has 0 spiro atoms. The van der Waals surface area contributed by atoms with Crippen LogP contribution in [0.4, 0.5) is 0 Å². The smallest absolute Gasteiger partial charge is 0.323 e. The lowest BCUT2D eigenvalue weighted by Gasteiger charge is -2.25. The first-order valence-electron chi connectivity index (χ1n) is 6.50. The Labute approximate surface area is 130 Å². The number of carbonyl (C=O) groups excluding carboxylic acids is 1. The number of esters is 1. The Bertz CT molecular complexity index is 733. The van der Waals surface area contributed by atoms with E-state index in [0.717, 1.165) is 10.0 Å². The topological polar surface area (TPSA) is 101 Å². The second-order valence-corrected chi connectivity index (χ2v) is 6.54. The van der Waals surface area contributed by atoms with Crippen molar-refractivity contribution < 1.29 is 9.53 Å². The fourth-order valence-electron chi connectivity index (χ4n) is 2.38. The van der Waals surface area contributed by atoms with Gasteiger partial charge >= 0.3 is 11.7 Å². The SMILES string of the molecule is COC(=O)C(C)(C)CC(N)c1cc2[nH]c(=O)[nH]c2cc1Br. The van der Waals surface area contributed by atoms with Gasteiger partial charge in [0.25, 0.3) is 0 Å². The van der Waals surface area contributed by atoms with Crippen molar-refractivity contribution in [2.45, 2.75) is 26.3 Å². The number of carbonyl (C=O) groups is 1. The summed E-state index contributed by atoms with van der Waals surface area (Å²) in [4.78, 5) is 28.5. The van der Waals surface area contributed by atoms with Crippen LogP contribution in [0.25, 0.3) is 11.0 Å². The number of hydrogen-bond donors (Lipinski definition) is 3. The van der Waals surface area contributed by atoms with Gasteiger partial charge in [0.2, 0.25) is 0 Å². The molecule has 0 fully saturated rings. The van der Waals surface area contributed by atoms with Gasteiger partial charge in [-0.15, -0.1) is 0 Å². The minimum Gasteiger partial charge on any atom is -0.469 e. The number of methoxy groups -OCH3 is 1. The number of H-pyrrole nitrogens is 2. The highest BCUT2D eigenvalue weighted by Gasteiger charge is 2.32. The molecule has 2 rings (SSSR count).